The van der Waals surface area contributed by atoms with E-state index in [2.05, 4.69) is 0 Å². The van der Waals surface area contributed by atoms with Crippen molar-refractivity contribution in [1.82, 2.24) is 4.31 Å². The van der Waals surface area contributed by atoms with Crippen LogP contribution in [0, 0.1) is 0 Å². The first kappa shape index (κ1) is 21.8. The number of ketones is 1. The minimum absolute atomic E-state index is 0.00255. The van der Waals surface area contributed by atoms with Crippen molar-refractivity contribution in [3.63, 3.8) is 0 Å². The predicted molar refractivity (Wildman–Crippen MR) is 106 cm³/mol. The van der Waals surface area contributed by atoms with Gasteiger partial charge in [0.2, 0.25) is 15.8 Å². The number of hydrogen-bond acceptors (Lipinski definition) is 6. The van der Waals surface area contributed by atoms with E-state index in [1.165, 1.54) is 16.4 Å². The average molecular weight is 450 g/mol. The van der Waals surface area contributed by atoms with E-state index in [0.717, 1.165) is 17.4 Å². The fraction of sp³-hybridized carbons (Fsp3) is 0.294. The highest BCUT2D eigenvalue weighted by atomic mass is 35.5. The minimum Gasteiger partial charge on any atom is -0.454 e. The molecule has 10 heteroatoms. The summed E-state index contributed by atoms with van der Waals surface area (Å²) in [5, 5.41) is 0.00255. The number of hydrogen-bond donors (Lipinski definition) is 0. The summed E-state index contributed by atoms with van der Waals surface area (Å²) in [5.41, 5.74) is -0.0119. The lowest BCUT2D eigenvalue weighted by molar-refractivity contribution is 0.0475. The molecule has 0 atom stereocenters. The molecule has 1 heterocycles. The zero-order chi connectivity index (χ0) is 20.2. The third-order valence-electron chi connectivity index (χ3n) is 3.67. The zero-order valence-corrected chi connectivity index (χ0v) is 17.7. The molecule has 0 unspecified atom stereocenters. The van der Waals surface area contributed by atoms with Gasteiger partial charge < -0.3 is 4.74 Å². The van der Waals surface area contributed by atoms with E-state index in [1.54, 1.807) is 26.0 Å². The third kappa shape index (κ3) is 5.08. The van der Waals surface area contributed by atoms with E-state index in [4.69, 9.17) is 27.9 Å². The largest absolute Gasteiger partial charge is 0.454 e. The molecule has 0 amide bonds. The molecule has 0 saturated heterocycles. The quantitative estimate of drug-likeness (QED) is 0.446. The van der Waals surface area contributed by atoms with Gasteiger partial charge in [-0.3, -0.25) is 4.79 Å². The molecule has 0 saturated carbocycles. The fourth-order valence-corrected chi connectivity index (χ4v) is 5.21. The maximum Gasteiger partial charge on any atom is 0.338 e. The van der Waals surface area contributed by atoms with Crippen molar-refractivity contribution in [3.8, 4) is 0 Å². The van der Waals surface area contributed by atoms with E-state index in [1.807, 2.05) is 0 Å². The van der Waals surface area contributed by atoms with E-state index in [9.17, 15) is 18.0 Å². The monoisotopic (exact) mass is 449 g/mol. The summed E-state index contributed by atoms with van der Waals surface area (Å²) in [6.45, 7) is 3.46. The number of halogens is 2. The van der Waals surface area contributed by atoms with E-state index >= 15 is 0 Å². The average Bonchev–Trinajstić information content (AvgIpc) is 3.07. The van der Waals surface area contributed by atoms with Gasteiger partial charge in [0.05, 0.1) is 19.8 Å². The Kier molecular flexibility index (Phi) is 7.41. The molecule has 0 spiro atoms. The van der Waals surface area contributed by atoms with Gasteiger partial charge in [0.1, 0.15) is 4.90 Å². The van der Waals surface area contributed by atoms with Crippen molar-refractivity contribution in [3.05, 3.63) is 50.1 Å². The van der Waals surface area contributed by atoms with Gasteiger partial charge in [0, 0.05) is 13.1 Å². The van der Waals surface area contributed by atoms with Crippen LogP contribution in [-0.2, 0) is 14.8 Å². The molecule has 0 aliphatic heterocycles. The van der Waals surface area contributed by atoms with Crippen molar-refractivity contribution >= 4 is 56.3 Å². The number of benzene rings is 1. The normalized spacial score (nSPS) is 11.6. The molecule has 1 aromatic carbocycles. The molecule has 0 aliphatic carbocycles. The van der Waals surface area contributed by atoms with Gasteiger partial charge in [-0.15, -0.1) is 11.3 Å². The Morgan fingerprint density at radius 2 is 1.78 bits per heavy atom. The summed E-state index contributed by atoms with van der Waals surface area (Å²) in [7, 11) is -3.85. The summed E-state index contributed by atoms with van der Waals surface area (Å²) in [5.74, 6) is -1.22. The molecule has 0 bridgehead atoms. The van der Waals surface area contributed by atoms with E-state index < -0.39 is 28.4 Å². The van der Waals surface area contributed by atoms with Crippen molar-refractivity contribution in [2.45, 2.75) is 18.7 Å². The number of Topliss-reactive ketones (excluding diaryl/α,β-unsaturated/α-hetero) is 1. The van der Waals surface area contributed by atoms with Gasteiger partial charge in [-0.2, -0.15) is 4.31 Å². The Hall–Kier alpha value is -1.45. The van der Waals surface area contributed by atoms with Crippen LogP contribution in [0.1, 0.15) is 33.9 Å². The number of nitrogens with zero attached hydrogens (tertiary/aromatic N) is 1. The number of carbonyl (C=O) groups excluding carboxylic acids is 2. The summed E-state index contributed by atoms with van der Waals surface area (Å²) >= 11 is 12.9. The van der Waals surface area contributed by atoms with E-state index in [0.29, 0.717) is 9.21 Å². The molecule has 0 N–H and O–H groups in total. The lowest BCUT2D eigenvalue weighted by atomic mass is 10.2. The van der Waals surface area contributed by atoms with Crippen LogP contribution in [0.4, 0.5) is 0 Å². The van der Waals surface area contributed by atoms with Gasteiger partial charge in [0.15, 0.2) is 6.61 Å². The first-order chi connectivity index (χ1) is 12.7. The Bertz CT molecular complexity index is 952. The topological polar surface area (TPSA) is 80.8 Å². The second-order valence-electron chi connectivity index (χ2n) is 5.34. The van der Waals surface area contributed by atoms with Gasteiger partial charge in [0.25, 0.3) is 0 Å². The third-order valence-corrected chi connectivity index (χ3v) is 7.48. The molecule has 0 aliphatic rings. The molecule has 1 aromatic heterocycles. The number of sulfonamides is 1. The number of rotatable bonds is 8. The van der Waals surface area contributed by atoms with Crippen LogP contribution in [0.3, 0.4) is 0 Å². The van der Waals surface area contributed by atoms with Crippen LogP contribution in [0.2, 0.25) is 9.36 Å². The minimum atomic E-state index is -3.85. The van der Waals surface area contributed by atoms with Crippen molar-refractivity contribution in [2.24, 2.45) is 0 Å². The zero-order valence-electron chi connectivity index (χ0n) is 14.6. The Morgan fingerprint density at radius 3 is 2.33 bits per heavy atom. The maximum absolute atomic E-state index is 12.7. The van der Waals surface area contributed by atoms with Crippen LogP contribution in [0.15, 0.2) is 35.2 Å². The highest BCUT2D eigenvalue weighted by molar-refractivity contribution is 7.89. The number of ether oxygens (including phenoxy) is 1. The predicted octanol–water partition coefficient (Wildman–Crippen LogP) is 4.13. The SMILES string of the molecule is CCN(CC)S(=O)(=O)c1cc(C(=O)OCC(=O)c2ccc(Cl)s2)ccc1Cl. The van der Waals surface area contributed by atoms with Crippen LogP contribution in [0.5, 0.6) is 0 Å². The van der Waals surface area contributed by atoms with Crippen LogP contribution < -0.4 is 0 Å². The second-order valence-corrected chi connectivity index (χ2v) is 9.37. The van der Waals surface area contributed by atoms with E-state index in [-0.39, 0.29) is 28.6 Å². The summed E-state index contributed by atoms with van der Waals surface area (Å²) < 4.78 is 32.0. The summed E-state index contributed by atoms with van der Waals surface area (Å²) in [6, 6.07) is 6.93. The summed E-state index contributed by atoms with van der Waals surface area (Å²) in [4.78, 5) is 24.4. The first-order valence-electron chi connectivity index (χ1n) is 7.96. The van der Waals surface area contributed by atoms with Crippen LogP contribution >= 0.6 is 34.5 Å². The van der Waals surface area contributed by atoms with Crippen molar-refractivity contribution in [1.29, 1.82) is 0 Å². The van der Waals surface area contributed by atoms with Crippen molar-refractivity contribution < 1.29 is 22.7 Å². The second kappa shape index (κ2) is 9.16. The number of carbonyl (C=O) groups is 2. The Morgan fingerprint density at radius 1 is 1.11 bits per heavy atom. The van der Waals surface area contributed by atoms with Gasteiger partial charge >= 0.3 is 5.97 Å². The molecule has 2 rings (SSSR count). The molecular weight excluding hydrogens is 433 g/mol. The van der Waals surface area contributed by atoms with Gasteiger partial charge in [-0.1, -0.05) is 37.0 Å². The standard InChI is InChI=1S/C17H17Cl2NO5S2/c1-3-20(4-2)27(23,24)15-9-11(5-6-12(15)18)17(22)25-10-13(21)14-7-8-16(19)26-14/h5-9H,3-4,10H2,1-2H3. The molecule has 0 radical (unpaired) electrons. The molecular formula is C17H17Cl2NO5S2. The highest BCUT2D eigenvalue weighted by Gasteiger charge is 2.26. The number of esters is 1. The van der Waals surface area contributed by atoms with Crippen molar-refractivity contribution in [2.75, 3.05) is 19.7 Å². The molecule has 27 heavy (non-hydrogen) atoms. The lowest BCUT2D eigenvalue weighted by Crippen LogP contribution is -2.31. The number of thiophene rings is 1. The smallest absolute Gasteiger partial charge is 0.338 e. The van der Waals surface area contributed by atoms with Crippen LogP contribution in [-0.4, -0.2) is 44.2 Å². The summed E-state index contributed by atoms with van der Waals surface area (Å²) in [6.07, 6.45) is 0. The maximum atomic E-state index is 12.7. The van der Waals surface area contributed by atoms with Gasteiger partial charge in [-0.25, -0.2) is 13.2 Å². The Labute approximate surface area is 171 Å². The van der Waals surface area contributed by atoms with Gasteiger partial charge in [-0.05, 0) is 30.3 Å². The fourth-order valence-electron chi connectivity index (χ4n) is 2.28. The molecule has 6 nitrogen and oxygen atoms in total. The molecule has 0 fully saturated rings. The van der Waals surface area contributed by atoms with Crippen LogP contribution in [0.25, 0.3) is 0 Å². The lowest BCUT2D eigenvalue weighted by Gasteiger charge is -2.19. The first-order valence-corrected chi connectivity index (χ1v) is 11.0. The molecule has 146 valence electrons. The highest BCUT2D eigenvalue weighted by Crippen LogP contribution is 2.26. The molecule has 2 aromatic rings. The Balaban J connectivity index is 2.19.